The van der Waals surface area contributed by atoms with Crippen LogP contribution in [-0.2, 0) is 6.54 Å². The molecule has 0 amide bonds. The molecule has 2 aromatic rings. The van der Waals surface area contributed by atoms with Gasteiger partial charge in [0.05, 0.1) is 18.2 Å². The van der Waals surface area contributed by atoms with Gasteiger partial charge in [-0.1, -0.05) is 29.8 Å². The molecule has 2 aromatic carbocycles. The first-order valence-electron chi connectivity index (χ1n) is 7.17. The largest absolute Gasteiger partial charge is 0.494 e. The first-order valence-corrected chi connectivity index (χ1v) is 7.17. The van der Waals surface area contributed by atoms with Crippen molar-refractivity contribution in [1.82, 2.24) is 5.32 Å². The predicted molar refractivity (Wildman–Crippen MR) is 84.2 cm³/mol. The van der Waals surface area contributed by atoms with E-state index in [2.05, 4.69) is 30.4 Å². The summed E-state index contributed by atoms with van der Waals surface area (Å²) < 4.78 is 5.67. The van der Waals surface area contributed by atoms with Crippen molar-refractivity contribution >= 4 is 0 Å². The van der Waals surface area contributed by atoms with Gasteiger partial charge in [0, 0.05) is 6.54 Å². The van der Waals surface area contributed by atoms with E-state index < -0.39 is 0 Å². The van der Waals surface area contributed by atoms with Gasteiger partial charge >= 0.3 is 0 Å². The molecule has 0 aromatic heterocycles. The Morgan fingerprint density at radius 2 is 1.76 bits per heavy atom. The zero-order valence-electron chi connectivity index (χ0n) is 12.3. The Bertz CT molecular complexity index is 582. The SMILES string of the molecule is Cc1ccc(OCCCNCc2ccc(C#N)cc2)cc1. The molecule has 0 aliphatic rings. The molecule has 108 valence electrons. The third kappa shape index (κ3) is 5.29. The third-order valence-electron chi connectivity index (χ3n) is 3.20. The summed E-state index contributed by atoms with van der Waals surface area (Å²) in [4.78, 5) is 0. The number of nitriles is 1. The second-order valence-corrected chi connectivity index (χ2v) is 5.00. The normalized spacial score (nSPS) is 10.1. The number of nitrogens with one attached hydrogen (secondary N) is 1. The van der Waals surface area contributed by atoms with Crippen LogP contribution in [0, 0.1) is 18.3 Å². The average molecular weight is 280 g/mol. The van der Waals surface area contributed by atoms with Crippen molar-refractivity contribution in [2.24, 2.45) is 0 Å². The van der Waals surface area contributed by atoms with Gasteiger partial charge in [0.25, 0.3) is 0 Å². The van der Waals surface area contributed by atoms with E-state index in [1.165, 1.54) is 11.1 Å². The zero-order chi connectivity index (χ0) is 14.9. The number of rotatable bonds is 7. The summed E-state index contributed by atoms with van der Waals surface area (Å²) in [7, 11) is 0. The van der Waals surface area contributed by atoms with Crippen molar-refractivity contribution in [1.29, 1.82) is 5.26 Å². The molecule has 3 nitrogen and oxygen atoms in total. The fraction of sp³-hybridized carbons (Fsp3) is 0.278. The van der Waals surface area contributed by atoms with Crippen LogP contribution in [0.1, 0.15) is 23.1 Å². The zero-order valence-corrected chi connectivity index (χ0v) is 12.3. The molecule has 0 spiro atoms. The monoisotopic (exact) mass is 280 g/mol. The summed E-state index contributed by atoms with van der Waals surface area (Å²) in [6.07, 6.45) is 0.962. The van der Waals surface area contributed by atoms with Crippen LogP contribution in [0.15, 0.2) is 48.5 Å². The smallest absolute Gasteiger partial charge is 0.119 e. The molecule has 0 fully saturated rings. The lowest BCUT2D eigenvalue weighted by Gasteiger charge is -2.07. The summed E-state index contributed by atoms with van der Waals surface area (Å²) in [5.74, 6) is 0.924. The number of aryl methyl sites for hydroxylation is 1. The lowest BCUT2D eigenvalue weighted by atomic mass is 10.1. The minimum atomic E-state index is 0.699. The van der Waals surface area contributed by atoms with Gasteiger partial charge < -0.3 is 10.1 Å². The lowest BCUT2D eigenvalue weighted by molar-refractivity contribution is 0.308. The van der Waals surface area contributed by atoms with Gasteiger partial charge in [-0.25, -0.2) is 0 Å². The molecule has 21 heavy (non-hydrogen) atoms. The summed E-state index contributed by atoms with van der Waals surface area (Å²) in [6.45, 7) is 4.50. The molecule has 0 unspecified atom stereocenters. The Kier molecular flexibility index (Phi) is 5.81. The van der Waals surface area contributed by atoms with Crippen molar-refractivity contribution in [3.8, 4) is 11.8 Å². The van der Waals surface area contributed by atoms with Crippen molar-refractivity contribution in [2.75, 3.05) is 13.2 Å². The van der Waals surface area contributed by atoms with E-state index in [4.69, 9.17) is 10.00 Å². The van der Waals surface area contributed by atoms with Crippen molar-refractivity contribution in [3.05, 3.63) is 65.2 Å². The Balaban J connectivity index is 1.59. The maximum absolute atomic E-state index is 8.73. The predicted octanol–water partition coefficient (Wildman–Crippen LogP) is 3.43. The molecule has 2 rings (SSSR count). The molecular formula is C18H20N2O. The topological polar surface area (TPSA) is 45.0 Å². The number of benzene rings is 2. The second-order valence-electron chi connectivity index (χ2n) is 5.00. The average Bonchev–Trinajstić information content (AvgIpc) is 2.53. The molecule has 0 aliphatic heterocycles. The Morgan fingerprint density at radius 1 is 1.05 bits per heavy atom. The van der Waals surface area contributed by atoms with Crippen molar-refractivity contribution < 1.29 is 4.74 Å². The van der Waals surface area contributed by atoms with Gasteiger partial charge in [-0.3, -0.25) is 0 Å². The molecular weight excluding hydrogens is 260 g/mol. The van der Waals surface area contributed by atoms with Crippen LogP contribution in [-0.4, -0.2) is 13.2 Å². The van der Waals surface area contributed by atoms with E-state index in [-0.39, 0.29) is 0 Å². The number of hydrogen-bond acceptors (Lipinski definition) is 3. The van der Waals surface area contributed by atoms with E-state index in [9.17, 15) is 0 Å². The summed E-state index contributed by atoms with van der Waals surface area (Å²) in [6, 6.07) is 17.9. The van der Waals surface area contributed by atoms with E-state index in [0.29, 0.717) is 12.2 Å². The highest BCUT2D eigenvalue weighted by atomic mass is 16.5. The van der Waals surface area contributed by atoms with E-state index in [0.717, 1.165) is 25.3 Å². The van der Waals surface area contributed by atoms with Gasteiger partial charge in [-0.2, -0.15) is 5.26 Å². The summed E-state index contributed by atoms with van der Waals surface area (Å²) in [5, 5.41) is 12.1. The van der Waals surface area contributed by atoms with Crippen LogP contribution in [0.25, 0.3) is 0 Å². The van der Waals surface area contributed by atoms with Gasteiger partial charge in [-0.15, -0.1) is 0 Å². The lowest BCUT2D eigenvalue weighted by Crippen LogP contribution is -2.17. The van der Waals surface area contributed by atoms with Crippen LogP contribution in [0.5, 0.6) is 5.75 Å². The highest BCUT2D eigenvalue weighted by Gasteiger charge is 1.95. The van der Waals surface area contributed by atoms with E-state index in [1.807, 2.05) is 36.4 Å². The summed E-state index contributed by atoms with van der Waals surface area (Å²) in [5.41, 5.74) is 3.13. The minimum absolute atomic E-state index is 0.699. The molecule has 0 aliphatic carbocycles. The van der Waals surface area contributed by atoms with E-state index >= 15 is 0 Å². The Morgan fingerprint density at radius 3 is 2.43 bits per heavy atom. The second kappa shape index (κ2) is 8.08. The molecule has 0 radical (unpaired) electrons. The maximum Gasteiger partial charge on any atom is 0.119 e. The molecule has 1 N–H and O–H groups in total. The van der Waals surface area contributed by atoms with Crippen LogP contribution in [0.2, 0.25) is 0 Å². The van der Waals surface area contributed by atoms with Crippen LogP contribution in [0.3, 0.4) is 0 Å². The van der Waals surface area contributed by atoms with Crippen LogP contribution >= 0.6 is 0 Å². The number of nitrogens with zero attached hydrogens (tertiary/aromatic N) is 1. The van der Waals surface area contributed by atoms with Crippen LogP contribution in [0.4, 0.5) is 0 Å². The molecule has 0 heterocycles. The first-order chi connectivity index (χ1) is 10.3. The van der Waals surface area contributed by atoms with Gasteiger partial charge in [0.2, 0.25) is 0 Å². The van der Waals surface area contributed by atoms with Gasteiger partial charge in [0.1, 0.15) is 5.75 Å². The Labute approximate surface area is 126 Å². The maximum atomic E-state index is 8.73. The molecule has 0 bridgehead atoms. The van der Waals surface area contributed by atoms with Crippen LogP contribution < -0.4 is 10.1 Å². The molecule has 0 atom stereocenters. The van der Waals surface area contributed by atoms with E-state index in [1.54, 1.807) is 0 Å². The molecule has 0 saturated heterocycles. The van der Waals surface area contributed by atoms with Crippen molar-refractivity contribution in [2.45, 2.75) is 19.9 Å². The fourth-order valence-electron chi connectivity index (χ4n) is 1.95. The minimum Gasteiger partial charge on any atom is -0.494 e. The highest BCUT2D eigenvalue weighted by molar-refractivity contribution is 5.31. The number of ether oxygens (including phenoxy) is 1. The van der Waals surface area contributed by atoms with Crippen molar-refractivity contribution in [3.63, 3.8) is 0 Å². The van der Waals surface area contributed by atoms with Gasteiger partial charge in [0.15, 0.2) is 0 Å². The summed E-state index contributed by atoms with van der Waals surface area (Å²) >= 11 is 0. The van der Waals surface area contributed by atoms with Gasteiger partial charge in [-0.05, 0) is 49.7 Å². The standard InChI is InChI=1S/C18H20N2O/c1-15-3-9-18(10-4-15)21-12-2-11-20-14-17-7-5-16(13-19)6-8-17/h3-10,20H,2,11-12,14H2,1H3. The molecule has 0 saturated carbocycles. The molecule has 3 heteroatoms. The quantitative estimate of drug-likeness (QED) is 0.790. The Hall–Kier alpha value is -2.31. The highest BCUT2D eigenvalue weighted by Crippen LogP contribution is 2.11. The third-order valence-corrected chi connectivity index (χ3v) is 3.20. The fourth-order valence-corrected chi connectivity index (χ4v) is 1.95. The first kappa shape index (κ1) is 15.1. The number of hydrogen-bond donors (Lipinski definition) is 1.